The highest BCUT2D eigenvalue weighted by molar-refractivity contribution is 9.10. The number of nitrogen functional groups attached to an aromatic ring is 1. The van der Waals surface area contributed by atoms with Crippen molar-refractivity contribution in [2.45, 2.75) is 26.7 Å². The summed E-state index contributed by atoms with van der Waals surface area (Å²) in [4.78, 5) is 0. The molecule has 0 aliphatic rings. The molecule has 2 aromatic rings. The van der Waals surface area contributed by atoms with E-state index in [9.17, 15) is 0 Å². The minimum Gasteiger partial charge on any atom is -0.396 e. The monoisotopic (exact) mass is 293 g/mol. The lowest BCUT2D eigenvalue weighted by molar-refractivity contribution is 0.791. The first-order chi connectivity index (χ1) is 8.19. The summed E-state index contributed by atoms with van der Waals surface area (Å²) < 4.78 is 2.97. The minimum atomic E-state index is 0.825. The Morgan fingerprint density at radius 2 is 1.94 bits per heavy atom. The minimum absolute atomic E-state index is 0.825. The first kappa shape index (κ1) is 12.2. The Morgan fingerprint density at radius 3 is 2.53 bits per heavy atom. The molecule has 90 valence electrons. The predicted molar refractivity (Wildman–Crippen MR) is 74.4 cm³/mol. The zero-order chi connectivity index (χ0) is 12.4. The van der Waals surface area contributed by atoms with Gasteiger partial charge in [-0.25, -0.2) is 4.68 Å². The van der Waals surface area contributed by atoms with Crippen molar-refractivity contribution in [2.75, 3.05) is 5.73 Å². The van der Waals surface area contributed by atoms with Gasteiger partial charge in [-0.1, -0.05) is 26.0 Å². The van der Waals surface area contributed by atoms with Crippen LogP contribution in [-0.4, -0.2) is 9.78 Å². The molecule has 1 heterocycles. The molecule has 2 N–H and O–H groups in total. The molecule has 0 aliphatic carbocycles. The fourth-order valence-electron chi connectivity index (χ4n) is 1.94. The van der Waals surface area contributed by atoms with E-state index in [0.717, 1.165) is 40.1 Å². The molecule has 1 aromatic heterocycles. The predicted octanol–water partition coefficient (Wildman–Crippen LogP) is 3.34. The smallest absolute Gasteiger partial charge is 0.0858 e. The number of anilines is 1. The zero-order valence-electron chi connectivity index (χ0n) is 10.1. The van der Waals surface area contributed by atoms with Gasteiger partial charge in [-0.05, 0) is 40.9 Å². The number of benzene rings is 1. The van der Waals surface area contributed by atoms with Crippen LogP contribution in [0.5, 0.6) is 0 Å². The highest BCUT2D eigenvalue weighted by Crippen LogP contribution is 2.26. The molecular weight excluding hydrogens is 278 g/mol. The van der Waals surface area contributed by atoms with Gasteiger partial charge < -0.3 is 5.73 Å². The van der Waals surface area contributed by atoms with Crippen LogP contribution in [0.4, 0.5) is 5.69 Å². The lowest BCUT2D eigenvalue weighted by Gasteiger charge is -2.08. The van der Waals surface area contributed by atoms with Gasteiger partial charge >= 0.3 is 0 Å². The fraction of sp³-hybridized carbons (Fsp3) is 0.308. The molecule has 0 amide bonds. The summed E-state index contributed by atoms with van der Waals surface area (Å²) in [6.07, 6.45) is 1.73. The summed E-state index contributed by atoms with van der Waals surface area (Å²) in [7, 11) is 0. The maximum atomic E-state index is 6.11. The number of aromatic nitrogens is 2. The Balaban J connectivity index is 2.63. The number of para-hydroxylation sites is 1. The number of aryl methyl sites for hydroxylation is 1. The SMILES string of the molecule is CCc1nn(-c2ccccc2Br)c(CC)c1N. The van der Waals surface area contributed by atoms with Crippen molar-refractivity contribution in [3.8, 4) is 5.69 Å². The molecule has 0 atom stereocenters. The highest BCUT2D eigenvalue weighted by atomic mass is 79.9. The maximum Gasteiger partial charge on any atom is 0.0858 e. The van der Waals surface area contributed by atoms with Gasteiger partial charge in [0.2, 0.25) is 0 Å². The van der Waals surface area contributed by atoms with Gasteiger partial charge in [0.15, 0.2) is 0 Å². The lowest BCUT2D eigenvalue weighted by atomic mass is 10.2. The summed E-state index contributed by atoms with van der Waals surface area (Å²) in [6.45, 7) is 4.17. The van der Waals surface area contributed by atoms with E-state index in [-0.39, 0.29) is 0 Å². The van der Waals surface area contributed by atoms with E-state index in [1.54, 1.807) is 0 Å². The molecule has 0 saturated carbocycles. The number of rotatable bonds is 3. The first-order valence-corrected chi connectivity index (χ1v) is 6.59. The van der Waals surface area contributed by atoms with E-state index in [0.29, 0.717) is 0 Å². The van der Waals surface area contributed by atoms with Gasteiger partial charge in [0.1, 0.15) is 0 Å². The second kappa shape index (κ2) is 4.92. The molecule has 2 rings (SSSR count). The molecule has 0 bridgehead atoms. The number of halogens is 1. The zero-order valence-corrected chi connectivity index (χ0v) is 11.7. The van der Waals surface area contributed by atoms with Crippen LogP contribution in [0.3, 0.4) is 0 Å². The van der Waals surface area contributed by atoms with Crippen LogP contribution in [0, 0.1) is 0 Å². The van der Waals surface area contributed by atoms with Gasteiger partial charge in [0.05, 0.1) is 22.8 Å². The number of nitrogens with two attached hydrogens (primary N) is 1. The van der Waals surface area contributed by atoms with Crippen molar-refractivity contribution < 1.29 is 0 Å². The molecule has 3 nitrogen and oxygen atoms in total. The standard InChI is InChI=1S/C13H16BrN3/c1-3-10-13(15)11(4-2)17(16-10)12-8-6-5-7-9(12)14/h5-8H,3-4,15H2,1-2H3. The molecule has 0 radical (unpaired) electrons. The number of nitrogens with zero attached hydrogens (tertiary/aromatic N) is 2. The third kappa shape index (κ3) is 2.09. The van der Waals surface area contributed by atoms with Crippen molar-refractivity contribution in [1.29, 1.82) is 0 Å². The molecule has 0 spiro atoms. The highest BCUT2D eigenvalue weighted by Gasteiger charge is 2.14. The second-order valence-corrected chi connectivity index (χ2v) is 4.73. The Bertz CT molecular complexity index is 531. The van der Waals surface area contributed by atoms with E-state index in [4.69, 9.17) is 5.73 Å². The van der Waals surface area contributed by atoms with Crippen LogP contribution in [0.1, 0.15) is 25.2 Å². The van der Waals surface area contributed by atoms with E-state index in [1.165, 1.54) is 0 Å². The van der Waals surface area contributed by atoms with Crippen LogP contribution < -0.4 is 5.73 Å². The van der Waals surface area contributed by atoms with Crippen LogP contribution in [0.2, 0.25) is 0 Å². The van der Waals surface area contributed by atoms with Gasteiger partial charge in [-0.2, -0.15) is 5.10 Å². The Morgan fingerprint density at radius 1 is 1.24 bits per heavy atom. The summed E-state index contributed by atoms with van der Waals surface area (Å²) in [5, 5.41) is 4.59. The molecule has 0 saturated heterocycles. The van der Waals surface area contributed by atoms with Crippen molar-refractivity contribution in [1.82, 2.24) is 9.78 Å². The van der Waals surface area contributed by atoms with Crippen LogP contribution >= 0.6 is 15.9 Å². The van der Waals surface area contributed by atoms with E-state index in [1.807, 2.05) is 28.9 Å². The van der Waals surface area contributed by atoms with E-state index < -0.39 is 0 Å². The van der Waals surface area contributed by atoms with Gasteiger partial charge in [0.25, 0.3) is 0 Å². The number of hydrogen-bond acceptors (Lipinski definition) is 2. The van der Waals surface area contributed by atoms with Crippen LogP contribution in [0.15, 0.2) is 28.7 Å². The quantitative estimate of drug-likeness (QED) is 0.943. The average Bonchev–Trinajstić information content (AvgIpc) is 2.66. The average molecular weight is 294 g/mol. The summed E-state index contributed by atoms with van der Waals surface area (Å²) in [5.41, 5.74) is 10.0. The molecule has 0 aliphatic heterocycles. The van der Waals surface area contributed by atoms with Gasteiger partial charge in [-0.3, -0.25) is 0 Å². The topological polar surface area (TPSA) is 43.8 Å². The Hall–Kier alpha value is -1.29. The number of hydrogen-bond donors (Lipinski definition) is 1. The first-order valence-electron chi connectivity index (χ1n) is 5.80. The normalized spacial score (nSPS) is 10.8. The largest absolute Gasteiger partial charge is 0.396 e. The third-order valence-corrected chi connectivity index (χ3v) is 3.52. The van der Waals surface area contributed by atoms with Crippen molar-refractivity contribution in [3.63, 3.8) is 0 Å². The van der Waals surface area contributed by atoms with Crippen molar-refractivity contribution in [3.05, 3.63) is 40.1 Å². The van der Waals surface area contributed by atoms with Crippen LogP contribution in [-0.2, 0) is 12.8 Å². The van der Waals surface area contributed by atoms with E-state index >= 15 is 0 Å². The summed E-state index contributed by atoms with van der Waals surface area (Å²) in [5.74, 6) is 0. The molecule has 0 fully saturated rings. The van der Waals surface area contributed by atoms with Gasteiger partial charge in [-0.15, -0.1) is 0 Å². The summed E-state index contributed by atoms with van der Waals surface area (Å²) >= 11 is 3.55. The Kier molecular flexibility index (Phi) is 3.52. The third-order valence-electron chi connectivity index (χ3n) is 2.85. The summed E-state index contributed by atoms with van der Waals surface area (Å²) in [6, 6.07) is 8.04. The molecule has 4 heteroatoms. The fourth-order valence-corrected chi connectivity index (χ4v) is 2.39. The molecule has 1 aromatic carbocycles. The van der Waals surface area contributed by atoms with Crippen LogP contribution in [0.25, 0.3) is 5.69 Å². The van der Waals surface area contributed by atoms with Crippen molar-refractivity contribution in [2.24, 2.45) is 0 Å². The van der Waals surface area contributed by atoms with Crippen molar-refractivity contribution >= 4 is 21.6 Å². The Labute approximate surface area is 110 Å². The molecule has 17 heavy (non-hydrogen) atoms. The van der Waals surface area contributed by atoms with Gasteiger partial charge in [0, 0.05) is 4.47 Å². The molecule has 0 unspecified atom stereocenters. The van der Waals surface area contributed by atoms with E-state index in [2.05, 4.69) is 34.9 Å². The second-order valence-electron chi connectivity index (χ2n) is 3.88. The lowest BCUT2D eigenvalue weighted by Crippen LogP contribution is -2.03. The maximum absolute atomic E-state index is 6.11. The molecular formula is C13H16BrN3.